The van der Waals surface area contributed by atoms with Crippen molar-refractivity contribution >= 4 is 21.7 Å². The number of hydrogen-bond donors (Lipinski definition) is 0. The zero-order chi connectivity index (χ0) is 9.97. The van der Waals surface area contributed by atoms with Crippen molar-refractivity contribution < 1.29 is 9.21 Å². The summed E-state index contributed by atoms with van der Waals surface area (Å²) in [7, 11) is 0. The predicted octanol–water partition coefficient (Wildman–Crippen LogP) is 3.73. The number of rotatable bonds is 3. The second-order valence-electron chi connectivity index (χ2n) is 3.46. The lowest BCUT2D eigenvalue weighted by Gasteiger charge is -1.97. The summed E-state index contributed by atoms with van der Waals surface area (Å²) in [6.45, 7) is 0. The maximum absolute atomic E-state index is 11.7. The van der Waals surface area contributed by atoms with E-state index < -0.39 is 0 Å². The second kappa shape index (κ2) is 4.13. The fourth-order valence-corrected chi connectivity index (χ4v) is 1.96. The Bertz CT molecular complexity index is 376. The molecule has 1 aliphatic rings. The van der Waals surface area contributed by atoms with Crippen LogP contribution in [0.3, 0.4) is 0 Å². The van der Waals surface area contributed by atoms with Gasteiger partial charge in [0.2, 0.25) is 5.78 Å². The van der Waals surface area contributed by atoms with Gasteiger partial charge >= 0.3 is 0 Å². The smallest absolute Gasteiger partial charge is 0.202 e. The van der Waals surface area contributed by atoms with Gasteiger partial charge in [-0.15, -0.1) is 0 Å². The lowest BCUT2D eigenvalue weighted by Crippen LogP contribution is -1.97. The normalized spacial score (nSPS) is 15.6. The van der Waals surface area contributed by atoms with Gasteiger partial charge in [0, 0.05) is 6.42 Å². The van der Waals surface area contributed by atoms with Gasteiger partial charge in [-0.1, -0.05) is 11.6 Å². The quantitative estimate of drug-likeness (QED) is 0.608. The number of allylic oxidation sites excluding steroid dienone is 2. The summed E-state index contributed by atoms with van der Waals surface area (Å²) in [4.78, 5) is 11.7. The van der Waals surface area contributed by atoms with E-state index in [0.29, 0.717) is 16.9 Å². The summed E-state index contributed by atoms with van der Waals surface area (Å²) in [5.41, 5.74) is 1.25. The van der Waals surface area contributed by atoms with E-state index in [-0.39, 0.29) is 5.78 Å². The van der Waals surface area contributed by atoms with Crippen LogP contribution in [0.4, 0.5) is 0 Å². The van der Waals surface area contributed by atoms with Crippen LogP contribution < -0.4 is 0 Å². The lowest BCUT2D eigenvalue weighted by atomic mass is 10.1. The summed E-state index contributed by atoms with van der Waals surface area (Å²) in [5.74, 6) is 0.522. The highest BCUT2D eigenvalue weighted by Crippen LogP contribution is 2.23. The molecule has 2 nitrogen and oxygen atoms in total. The van der Waals surface area contributed by atoms with Gasteiger partial charge in [-0.05, 0) is 47.3 Å². The number of furan rings is 1. The molecule has 0 saturated carbocycles. The van der Waals surface area contributed by atoms with Crippen molar-refractivity contribution in [3.63, 3.8) is 0 Å². The van der Waals surface area contributed by atoms with Gasteiger partial charge in [0.15, 0.2) is 10.4 Å². The van der Waals surface area contributed by atoms with Gasteiger partial charge in [-0.2, -0.15) is 0 Å². The highest BCUT2D eigenvalue weighted by atomic mass is 79.9. The first kappa shape index (κ1) is 9.71. The molecule has 2 rings (SSSR count). The van der Waals surface area contributed by atoms with Gasteiger partial charge in [0.1, 0.15) is 0 Å². The molecule has 0 spiro atoms. The van der Waals surface area contributed by atoms with Crippen molar-refractivity contribution in [3.8, 4) is 0 Å². The Kier molecular flexibility index (Phi) is 2.87. The molecule has 0 bridgehead atoms. The fourth-order valence-electron chi connectivity index (χ4n) is 1.66. The third kappa shape index (κ3) is 2.15. The van der Waals surface area contributed by atoms with Gasteiger partial charge in [0.05, 0.1) is 0 Å². The molecule has 0 amide bonds. The van der Waals surface area contributed by atoms with Gasteiger partial charge in [-0.3, -0.25) is 4.79 Å². The molecule has 3 heteroatoms. The van der Waals surface area contributed by atoms with Crippen LogP contribution in [-0.4, -0.2) is 5.78 Å². The zero-order valence-electron chi connectivity index (χ0n) is 7.75. The number of carbonyl (C=O) groups excluding carboxylic acids is 1. The van der Waals surface area contributed by atoms with E-state index in [2.05, 4.69) is 22.0 Å². The van der Waals surface area contributed by atoms with Crippen molar-refractivity contribution in [2.45, 2.75) is 25.7 Å². The van der Waals surface area contributed by atoms with Crippen LogP contribution in [0.1, 0.15) is 36.2 Å². The summed E-state index contributed by atoms with van der Waals surface area (Å²) in [6, 6.07) is 3.46. The van der Waals surface area contributed by atoms with Gasteiger partial charge in [-0.25, -0.2) is 0 Å². The molecule has 0 aliphatic heterocycles. The molecule has 74 valence electrons. The molecule has 0 aromatic carbocycles. The monoisotopic (exact) mass is 254 g/mol. The first-order valence-electron chi connectivity index (χ1n) is 4.72. The summed E-state index contributed by atoms with van der Waals surface area (Å²) in [5, 5.41) is 0. The van der Waals surface area contributed by atoms with E-state index in [4.69, 9.17) is 4.42 Å². The number of hydrogen-bond acceptors (Lipinski definition) is 2. The van der Waals surface area contributed by atoms with Crippen LogP contribution in [-0.2, 0) is 0 Å². The first-order valence-corrected chi connectivity index (χ1v) is 5.51. The average Bonchev–Trinajstić information content (AvgIpc) is 2.75. The van der Waals surface area contributed by atoms with Crippen molar-refractivity contribution in [2.75, 3.05) is 0 Å². The molecule has 0 unspecified atom stereocenters. The molecule has 0 saturated heterocycles. The van der Waals surface area contributed by atoms with Crippen molar-refractivity contribution in [1.29, 1.82) is 0 Å². The molecule has 0 atom stereocenters. The lowest BCUT2D eigenvalue weighted by molar-refractivity contribution is 0.0964. The molecule has 1 aromatic heterocycles. The molecule has 0 radical (unpaired) electrons. The van der Waals surface area contributed by atoms with E-state index in [1.807, 2.05) is 0 Å². The molecular weight excluding hydrogens is 244 g/mol. The van der Waals surface area contributed by atoms with Crippen LogP contribution in [0.25, 0.3) is 0 Å². The minimum Gasteiger partial charge on any atom is -0.446 e. The van der Waals surface area contributed by atoms with E-state index in [0.717, 1.165) is 12.8 Å². The average molecular weight is 255 g/mol. The Hall–Kier alpha value is -0.830. The maximum atomic E-state index is 11.7. The Morgan fingerprint density at radius 3 is 2.93 bits per heavy atom. The standard InChI is InChI=1S/C11H11BrO2/c12-11-6-5-10(14-11)9(13)7-8-3-1-2-4-8/h3,5-6H,1-2,4,7H2. The topological polar surface area (TPSA) is 30.2 Å². The molecule has 0 N–H and O–H groups in total. The number of Topliss-reactive ketones (excluding diaryl/α,β-unsaturated/α-hetero) is 1. The summed E-state index contributed by atoms with van der Waals surface area (Å²) < 4.78 is 5.81. The minimum atomic E-state index is 0.0730. The van der Waals surface area contributed by atoms with Gasteiger partial charge in [0.25, 0.3) is 0 Å². The van der Waals surface area contributed by atoms with Crippen molar-refractivity contribution in [2.24, 2.45) is 0 Å². The molecule has 1 aliphatic carbocycles. The largest absolute Gasteiger partial charge is 0.446 e. The second-order valence-corrected chi connectivity index (χ2v) is 4.24. The van der Waals surface area contributed by atoms with Crippen LogP contribution >= 0.6 is 15.9 Å². The van der Waals surface area contributed by atoms with Crippen molar-refractivity contribution in [1.82, 2.24) is 0 Å². The molecule has 0 fully saturated rings. The van der Waals surface area contributed by atoms with Crippen LogP contribution in [0.5, 0.6) is 0 Å². The number of carbonyl (C=O) groups is 1. The highest BCUT2D eigenvalue weighted by molar-refractivity contribution is 9.10. The van der Waals surface area contributed by atoms with Crippen LogP contribution in [0, 0.1) is 0 Å². The van der Waals surface area contributed by atoms with E-state index in [1.165, 1.54) is 12.0 Å². The van der Waals surface area contributed by atoms with Crippen LogP contribution in [0.15, 0.2) is 32.9 Å². The first-order chi connectivity index (χ1) is 6.75. The Morgan fingerprint density at radius 1 is 1.50 bits per heavy atom. The number of halogens is 1. The number of ketones is 1. The minimum absolute atomic E-state index is 0.0730. The maximum Gasteiger partial charge on any atom is 0.202 e. The Labute approximate surface area is 91.1 Å². The van der Waals surface area contributed by atoms with E-state index in [9.17, 15) is 4.79 Å². The third-order valence-corrected chi connectivity index (χ3v) is 2.80. The van der Waals surface area contributed by atoms with Gasteiger partial charge < -0.3 is 4.42 Å². The molecule has 1 aromatic rings. The predicted molar refractivity (Wildman–Crippen MR) is 57.3 cm³/mol. The Morgan fingerprint density at radius 2 is 2.36 bits per heavy atom. The fraction of sp³-hybridized carbons (Fsp3) is 0.364. The van der Waals surface area contributed by atoms with E-state index >= 15 is 0 Å². The molecular formula is C11H11BrO2. The summed E-state index contributed by atoms with van der Waals surface area (Å²) in [6.07, 6.45) is 6.04. The zero-order valence-corrected chi connectivity index (χ0v) is 9.34. The Balaban J connectivity index is 2.02. The molecule has 14 heavy (non-hydrogen) atoms. The summed E-state index contributed by atoms with van der Waals surface area (Å²) >= 11 is 3.18. The SMILES string of the molecule is O=C(CC1=CCCC1)c1ccc(Br)o1. The highest BCUT2D eigenvalue weighted by Gasteiger charge is 2.14. The third-order valence-electron chi connectivity index (χ3n) is 2.37. The van der Waals surface area contributed by atoms with Crippen LogP contribution in [0.2, 0.25) is 0 Å². The molecule has 1 heterocycles. The van der Waals surface area contributed by atoms with Crippen molar-refractivity contribution in [3.05, 3.63) is 34.2 Å². The van der Waals surface area contributed by atoms with E-state index in [1.54, 1.807) is 12.1 Å².